The molecule has 2 bridgehead atoms. The Labute approximate surface area is 426 Å². The van der Waals surface area contributed by atoms with Crippen LogP contribution in [-0.4, -0.2) is 138 Å². The lowest BCUT2D eigenvalue weighted by atomic mass is 9.81. The Morgan fingerprint density at radius 2 is 1.47 bits per heavy atom. The lowest BCUT2D eigenvalue weighted by Gasteiger charge is -2.47. The van der Waals surface area contributed by atoms with E-state index in [1.54, 1.807) is 28.3 Å². The average Bonchev–Trinajstić information content (AvgIpc) is 3.28. The highest BCUT2D eigenvalue weighted by Gasteiger charge is 2.57. The van der Waals surface area contributed by atoms with E-state index < -0.39 is 94.6 Å². The maximum absolute atomic E-state index is 14.9. The van der Waals surface area contributed by atoms with Crippen LogP contribution in [0.2, 0.25) is 36.3 Å². The Bertz CT molecular complexity index is 1810. The van der Waals surface area contributed by atoms with Crippen molar-refractivity contribution < 1.29 is 57.1 Å². The van der Waals surface area contributed by atoms with Crippen LogP contribution >= 0.6 is 0 Å². The second-order valence-corrected chi connectivity index (χ2v) is 34.6. The van der Waals surface area contributed by atoms with E-state index in [0.29, 0.717) is 32.1 Å². The number of nitrogens with zero attached hydrogens (tertiary/aromatic N) is 1. The molecule has 15 atom stereocenters. The molecule has 0 radical (unpaired) electrons. The van der Waals surface area contributed by atoms with Gasteiger partial charge in [0.05, 0.1) is 36.6 Å². The molecule has 1 amide bonds. The van der Waals surface area contributed by atoms with Gasteiger partial charge in [-0.2, -0.15) is 0 Å². The Balaban J connectivity index is 1.81. The van der Waals surface area contributed by atoms with Crippen molar-refractivity contribution in [2.45, 2.75) is 251 Å². The SMILES string of the molecule is CC[C@@H]1/C=C(\C)C[C@H](C)C[C@H](OC)[C@H]2O[C@@](O)(C(=O)C(=O)N3CCCC[C@H]3C(=O)O[C@H]([C@@H](C)[C@H](O[Si](C)(C)C(C)(C)C)/C(C)=C/[C@@H]3CC[C@@H](O[Si](C)(C)C(C)(C)C)[C@H](OC)C3)C[C@H]1O)[C@H](C)C[C@@H]2OC. The van der Waals surface area contributed by atoms with E-state index in [0.717, 1.165) is 30.4 Å². The highest BCUT2D eigenvalue weighted by Crippen LogP contribution is 2.44. The van der Waals surface area contributed by atoms with Gasteiger partial charge in [-0.05, 0) is 132 Å². The van der Waals surface area contributed by atoms with Gasteiger partial charge in [0, 0.05) is 52.0 Å². The van der Waals surface area contributed by atoms with Gasteiger partial charge >= 0.3 is 5.97 Å². The predicted octanol–water partition coefficient (Wildman–Crippen LogP) is 10.3. The number of aliphatic hydroxyl groups is 2. The number of allylic oxidation sites excluding steroid dienone is 2. The molecule has 0 unspecified atom stereocenters. The number of carbonyl (C=O) groups is 3. The molecule has 404 valence electrons. The van der Waals surface area contributed by atoms with Crippen LogP contribution in [-0.2, 0) is 46.9 Å². The summed E-state index contributed by atoms with van der Waals surface area (Å²) in [6, 6.07) is -1.09. The zero-order chi connectivity index (χ0) is 52.9. The minimum absolute atomic E-state index is 0.0178. The zero-order valence-corrected chi connectivity index (χ0v) is 49.1. The van der Waals surface area contributed by atoms with Gasteiger partial charge in [-0.15, -0.1) is 0 Å². The van der Waals surface area contributed by atoms with Crippen LogP contribution in [0.1, 0.15) is 154 Å². The molecule has 1 aliphatic carbocycles. The number of rotatable bonds is 12. The number of fused-ring (bicyclic) bond motifs is 3. The predicted molar refractivity (Wildman–Crippen MR) is 281 cm³/mol. The van der Waals surface area contributed by atoms with Gasteiger partial charge < -0.3 is 47.6 Å². The molecular weight excluding hydrogens is 923 g/mol. The molecule has 3 fully saturated rings. The number of esters is 1. The lowest BCUT2D eigenvalue weighted by molar-refractivity contribution is -0.302. The van der Waals surface area contributed by atoms with Gasteiger partial charge in [-0.1, -0.05) is 87.0 Å². The van der Waals surface area contributed by atoms with Crippen LogP contribution < -0.4 is 0 Å². The minimum Gasteiger partial charge on any atom is -0.460 e. The molecule has 70 heavy (non-hydrogen) atoms. The van der Waals surface area contributed by atoms with Crippen molar-refractivity contribution in [3.05, 3.63) is 23.3 Å². The Morgan fingerprint density at radius 1 is 0.871 bits per heavy atom. The summed E-state index contributed by atoms with van der Waals surface area (Å²) in [6.45, 7) is 34.7. The average molecular weight is 1020 g/mol. The van der Waals surface area contributed by atoms with Crippen molar-refractivity contribution in [3.8, 4) is 0 Å². The number of hydrogen-bond acceptors (Lipinski definition) is 12. The Kier molecular flexibility index (Phi) is 21.4. The van der Waals surface area contributed by atoms with Gasteiger partial charge in [0.2, 0.25) is 5.79 Å². The lowest BCUT2D eigenvalue weighted by Crippen LogP contribution is -2.64. The summed E-state index contributed by atoms with van der Waals surface area (Å²) in [5, 5.41) is 24.5. The Hall–Kier alpha value is -1.80. The first kappa shape index (κ1) is 60.8. The van der Waals surface area contributed by atoms with Gasteiger partial charge in [0.1, 0.15) is 18.2 Å². The fourth-order valence-electron chi connectivity index (χ4n) is 10.9. The molecule has 4 rings (SSSR count). The van der Waals surface area contributed by atoms with Crippen molar-refractivity contribution in [2.75, 3.05) is 27.9 Å². The summed E-state index contributed by atoms with van der Waals surface area (Å²) in [7, 11) is 0.407. The van der Waals surface area contributed by atoms with Crippen molar-refractivity contribution in [1.29, 1.82) is 0 Å². The smallest absolute Gasteiger partial charge is 0.329 e. The highest BCUT2D eigenvalue weighted by molar-refractivity contribution is 6.74. The fraction of sp³-hybridized carbons (Fsp3) is 0.873. The topological polar surface area (TPSA) is 160 Å². The number of carbonyl (C=O) groups excluding carboxylic acids is 3. The molecule has 15 heteroatoms. The van der Waals surface area contributed by atoms with E-state index in [2.05, 4.69) is 115 Å². The summed E-state index contributed by atoms with van der Waals surface area (Å²) >= 11 is 0. The monoisotopic (exact) mass is 1020 g/mol. The van der Waals surface area contributed by atoms with Crippen LogP contribution in [0, 0.1) is 29.6 Å². The number of aliphatic hydroxyl groups excluding tert-OH is 1. The molecule has 2 saturated heterocycles. The van der Waals surface area contributed by atoms with E-state index in [4.69, 9.17) is 32.5 Å². The van der Waals surface area contributed by atoms with Gasteiger partial charge in [0.25, 0.3) is 11.7 Å². The van der Waals surface area contributed by atoms with Crippen molar-refractivity contribution in [1.82, 2.24) is 4.90 Å². The largest absolute Gasteiger partial charge is 0.460 e. The number of ketones is 1. The summed E-state index contributed by atoms with van der Waals surface area (Å²) in [5.74, 6) is -6.43. The van der Waals surface area contributed by atoms with Gasteiger partial charge in [-0.25, -0.2) is 4.79 Å². The summed E-state index contributed by atoms with van der Waals surface area (Å²) in [5.41, 5.74) is 2.14. The summed E-state index contributed by atoms with van der Waals surface area (Å²) < 4.78 is 45.4. The van der Waals surface area contributed by atoms with E-state index in [-0.39, 0.29) is 65.8 Å². The number of ether oxygens (including phenoxy) is 5. The quantitative estimate of drug-likeness (QED) is 0.0826. The molecule has 0 spiro atoms. The number of methoxy groups -OCH3 is 3. The third-order valence-corrected chi connectivity index (χ3v) is 26.5. The first-order chi connectivity index (χ1) is 32.4. The van der Waals surface area contributed by atoms with Crippen molar-refractivity contribution in [3.63, 3.8) is 0 Å². The van der Waals surface area contributed by atoms with Crippen LogP contribution in [0.15, 0.2) is 23.3 Å². The molecule has 0 aromatic heterocycles. The normalized spacial score (nSPS) is 36.2. The second-order valence-electron chi connectivity index (χ2n) is 25.0. The highest BCUT2D eigenvalue weighted by atomic mass is 28.4. The first-order valence-corrected chi connectivity index (χ1v) is 32.6. The van der Waals surface area contributed by atoms with Crippen LogP contribution in [0.5, 0.6) is 0 Å². The van der Waals surface area contributed by atoms with Gasteiger partial charge in [0.15, 0.2) is 16.6 Å². The fourth-order valence-corrected chi connectivity index (χ4v) is 13.7. The number of piperidine rings is 1. The molecule has 0 aromatic rings. The van der Waals surface area contributed by atoms with E-state index in [9.17, 15) is 24.6 Å². The summed E-state index contributed by atoms with van der Waals surface area (Å²) in [6.07, 6.45) is 6.67. The molecule has 1 saturated carbocycles. The first-order valence-electron chi connectivity index (χ1n) is 26.8. The standard InChI is InChI=1S/C55H99NO12Si2/c1-20-40-28-34(2)27-35(3)29-46(63-14)49-47(64-15)31-37(5)55(61,66-49)50(58)51(59)56-26-22-21-23-41(56)52(60)65-44(33-42(40)57)38(6)48(68-70(18,19)54(10,11)12)36(4)30-39-24-25-43(45(32-39)62-13)67-69(16,17)53(7,8)9/h28,30,35,37-49,57,61H,20-27,29,31-33H2,1-19H3/b34-28+,36-30+/t35-,37+,38+,39-,40+,41-,42+,43+,44-,45+,46-,47-,48+,49+,55+/m0/s1. The van der Waals surface area contributed by atoms with Crippen LogP contribution in [0.25, 0.3) is 0 Å². The van der Waals surface area contributed by atoms with Crippen molar-refractivity contribution in [2.24, 2.45) is 29.6 Å². The maximum Gasteiger partial charge on any atom is 0.329 e. The zero-order valence-electron chi connectivity index (χ0n) is 47.1. The molecule has 2 N–H and O–H groups in total. The van der Waals surface area contributed by atoms with Crippen LogP contribution in [0.3, 0.4) is 0 Å². The summed E-state index contributed by atoms with van der Waals surface area (Å²) in [4.78, 5) is 45.2. The molecular formula is C55H99NO12Si2. The number of amides is 1. The molecule has 3 heterocycles. The maximum atomic E-state index is 14.9. The van der Waals surface area contributed by atoms with E-state index in [1.807, 2.05) is 0 Å². The minimum atomic E-state index is -2.48. The molecule has 4 aliphatic rings. The van der Waals surface area contributed by atoms with Crippen molar-refractivity contribution >= 4 is 34.3 Å². The second kappa shape index (κ2) is 24.7. The van der Waals surface area contributed by atoms with E-state index >= 15 is 0 Å². The number of cyclic esters (lactones) is 1. The number of Topliss-reactive ketones (excluding diaryl/α,β-unsaturated/α-hetero) is 1. The third kappa shape index (κ3) is 14.5. The van der Waals surface area contributed by atoms with Crippen LogP contribution in [0.4, 0.5) is 0 Å². The van der Waals surface area contributed by atoms with E-state index in [1.165, 1.54) is 4.90 Å². The Morgan fingerprint density at radius 3 is 2.04 bits per heavy atom. The molecule has 0 aromatic carbocycles. The van der Waals surface area contributed by atoms with Gasteiger partial charge in [-0.3, -0.25) is 9.59 Å². The third-order valence-electron chi connectivity index (χ3n) is 17.5. The number of hydrogen-bond donors (Lipinski definition) is 2. The molecule has 3 aliphatic heterocycles. The molecule has 13 nitrogen and oxygen atoms in total.